The van der Waals surface area contributed by atoms with Crippen molar-refractivity contribution in [3.05, 3.63) is 230 Å². The lowest BCUT2D eigenvalue weighted by Gasteiger charge is -2.17. The van der Waals surface area contributed by atoms with E-state index in [1.807, 2.05) is 6.07 Å². The van der Waals surface area contributed by atoms with Gasteiger partial charge in [-0.05, 0) is 109 Å². The molecule has 0 spiro atoms. The number of fused-ring (bicyclic) bond motifs is 5. The van der Waals surface area contributed by atoms with E-state index in [1.54, 1.807) is 0 Å². The van der Waals surface area contributed by atoms with Gasteiger partial charge < -0.3 is 4.42 Å². The molecule has 2 aromatic heterocycles. The van der Waals surface area contributed by atoms with E-state index in [2.05, 4.69) is 212 Å². The first-order chi connectivity index (χ1) is 31.2. The van der Waals surface area contributed by atoms with Crippen LogP contribution in [0.4, 0.5) is 0 Å². The lowest BCUT2D eigenvalue weighted by molar-refractivity contribution is 0.669. The molecule has 0 saturated carbocycles. The van der Waals surface area contributed by atoms with Crippen molar-refractivity contribution in [2.24, 2.45) is 0 Å². The van der Waals surface area contributed by atoms with Crippen molar-refractivity contribution < 1.29 is 4.42 Å². The Labute approximate surface area is 365 Å². The molecule has 63 heavy (non-hydrogen) atoms. The van der Waals surface area contributed by atoms with Crippen LogP contribution in [0, 0.1) is 0 Å². The van der Waals surface area contributed by atoms with Crippen molar-refractivity contribution in [1.29, 1.82) is 0 Å². The molecule has 0 saturated heterocycles. The maximum absolute atomic E-state index is 6.45. The Kier molecular flexibility index (Phi) is 8.93. The smallest absolute Gasteiger partial charge is 0.163 e. The third-order valence-electron chi connectivity index (χ3n) is 12.4. The highest BCUT2D eigenvalue weighted by molar-refractivity contribution is 6.14. The van der Waals surface area contributed by atoms with Crippen molar-refractivity contribution >= 4 is 49.1 Å². The zero-order chi connectivity index (χ0) is 41.7. The molecule has 0 bridgehead atoms. The van der Waals surface area contributed by atoms with E-state index in [0.29, 0.717) is 11.6 Å². The quantitative estimate of drug-likeness (QED) is 0.161. The molecular weight excluding hydrogens is 767 g/mol. The second kappa shape index (κ2) is 15.4. The van der Waals surface area contributed by atoms with Crippen LogP contribution in [-0.2, 0) is 0 Å². The number of benzene rings is 9. The molecule has 1 aliphatic carbocycles. The molecule has 0 amide bonds. The van der Waals surface area contributed by atoms with Crippen LogP contribution in [0.15, 0.2) is 223 Å². The second-order valence-corrected chi connectivity index (χ2v) is 16.3. The van der Waals surface area contributed by atoms with Gasteiger partial charge in [-0.15, -0.1) is 0 Å². The second-order valence-electron chi connectivity index (χ2n) is 16.3. The molecule has 0 fully saturated rings. The summed E-state index contributed by atoms with van der Waals surface area (Å²) in [5, 5.41) is 6.95. The maximum atomic E-state index is 6.45. The minimum absolute atomic E-state index is 0.0231. The molecule has 296 valence electrons. The zero-order valence-corrected chi connectivity index (χ0v) is 34.3. The number of hydrogen-bond donors (Lipinski definition) is 0. The van der Waals surface area contributed by atoms with Crippen LogP contribution in [0.5, 0.6) is 0 Å². The number of hydrogen-bond acceptors (Lipinski definition) is 4. The van der Waals surface area contributed by atoms with Crippen molar-refractivity contribution in [2.75, 3.05) is 0 Å². The van der Waals surface area contributed by atoms with Gasteiger partial charge in [0, 0.05) is 27.8 Å². The Morgan fingerprint density at radius 2 is 0.968 bits per heavy atom. The highest BCUT2D eigenvalue weighted by Gasteiger charge is 2.20. The van der Waals surface area contributed by atoms with E-state index in [-0.39, 0.29) is 5.92 Å². The number of allylic oxidation sites excluding steroid dienone is 4. The van der Waals surface area contributed by atoms with Crippen LogP contribution in [0.2, 0.25) is 0 Å². The third-order valence-corrected chi connectivity index (χ3v) is 12.4. The van der Waals surface area contributed by atoms with E-state index in [1.165, 1.54) is 38.6 Å². The Morgan fingerprint density at radius 1 is 0.397 bits per heavy atom. The molecular formula is C59H39N3O. The first-order valence-electron chi connectivity index (χ1n) is 21.5. The highest BCUT2D eigenvalue weighted by atomic mass is 16.3. The van der Waals surface area contributed by atoms with Gasteiger partial charge in [-0.1, -0.05) is 182 Å². The van der Waals surface area contributed by atoms with Crippen molar-refractivity contribution in [3.8, 4) is 56.2 Å². The fourth-order valence-corrected chi connectivity index (χ4v) is 9.08. The number of aromatic nitrogens is 3. The largest absolute Gasteiger partial charge is 0.456 e. The van der Waals surface area contributed by atoms with Gasteiger partial charge in [0.05, 0.1) is 0 Å². The lowest BCUT2D eigenvalue weighted by Crippen LogP contribution is -2.08. The average Bonchev–Trinajstić information content (AvgIpc) is 3.75. The summed E-state index contributed by atoms with van der Waals surface area (Å²) in [4.78, 5) is 15.4. The van der Waals surface area contributed by atoms with E-state index < -0.39 is 0 Å². The molecule has 1 atom stereocenters. The van der Waals surface area contributed by atoms with Crippen LogP contribution in [-0.4, -0.2) is 15.0 Å². The van der Waals surface area contributed by atoms with Crippen LogP contribution in [0.3, 0.4) is 0 Å². The summed E-state index contributed by atoms with van der Waals surface area (Å²) in [5.41, 5.74) is 13.0. The molecule has 11 aromatic rings. The molecule has 0 radical (unpaired) electrons. The molecule has 4 heteroatoms. The Hall–Kier alpha value is -8.21. The SMILES string of the molecule is C1=CC(c2nc(-c3ccc(-c4ccccc4)cc3)nc(-c3ccc4cc(-c5cccc6oc7ccc(-c8ccc9ccccc9c8)cc7c56)ccc4c3)n2)CC=C1c1ccccc1. The summed E-state index contributed by atoms with van der Waals surface area (Å²) in [6, 6.07) is 70.8. The maximum Gasteiger partial charge on any atom is 0.163 e. The van der Waals surface area contributed by atoms with Gasteiger partial charge >= 0.3 is 0 Å². The molecule has 0 aliphatic heterocycles. The summed E-state index contributed by atoms with van der Waals surface area (Å²) in [7, 11) is 0. The summed E-state index contributed by atoms with van der Waals surface area (Å²) in [6.45, 7) is 0. The number of nitrogens with zero attached hydrogens (tertiary/aromatic N) is 3. The van der Waals surface area contributed by atoms with Gasteiger partial charge in [-0.3, -0.25) is 0 Å². The monoisotopic (exact) mass is 805 g/mol. The van der Waals surface area contributed by atoms with Crippen molar-refractivity contribution in [3.63, 3.8) is 0 Å². The molecule has 2 heterocycles. The summed E-state index contributed by atoms with van der Waals surface area (Å²) in [5.74, 6) is 2.12. The van der Waals surface area contributed by atoms with Gasteiger partial charge in [0.2, 0.25) is 0 Å². The van der Waals surface area contributed by atoms with E-state index in [4.69, 9.17) is 19.4 Å². The van der Waals surface area contributed by atoms with E-state index >= 15 is 0 Å². The van der Waals surface area contributed by atoms with Gasteiger partial charge in [0.25, 0.3) is 0 Å². The Balaban J connectivity index is 0.909. The topological polar surface area (TPSA) is 51.8 Å². The minimum atomic E-state index is 0.0231. The highest BCUT2D eigenvalue weighted by Crippen LogP contribution is 2.40. The number of furan rings is 1. The van der Waals surface area contributed by atoms with E-state index in [9.17, 15) is 0 Å². The van der Waals surface area contributed by atoms with Crippen LogP contribution < -0.4 is 0 Å². The summed E-state index contributed by atoms with van der Waals surface area (Å²) >= 11 is 0. The van der Waals surface area contributed by atoms with Crippen molar-refractivity contribution in [2.45, 2.75) is 12.3 Å². The lowest BCUT2D eigenvalue weighted by atomic mass is 9.92. The molecule has 1 aliphatic rings. The fourth-order valence-electron chi connectivity index (χ4n) is 9.08. The Morgan fingerprint density at radius 3 is 1.75 bits per heavy atom. The normalized spacial score (nSPS) is 13.8. The molecule has 9 aromatic carbocycles. The van der Waals surface area contributed by atoms with Gasteiger partial charge in [-0.25, -0.2) is 15.0 Å². The summed E-state index contributed by atoms with van der Waals surface area (Å²) in [6.07, 6.45) is 7.54. The molecule has 0 N–H and O–H groups in total. The number of rotatable bonds is 7. The van der Waals surface area contributed by atoms with Crippen molar-refractivity contribution in [1.82, 2.24) is 15.0 Å². The van der Waals surface area contributed by atoms with E-state index in [0.717, 1.165) is 72.8 Å². The van der Waals surface area contributed by atoms with Gasteiger partial charge in [0.15, 0.2) is 11.6 Å². The summed E-state index contributed by atoms with van der Waals surface area (Å²) < 4.78 is 6.45. The first-order valence-corrected chi connectivity index (χ1v) is 21.5. The predicted molar refractivity (Wildman–Crippen MR) is 260 cm³/mol. The van der Waals surface area contributed by atoms with Crippen LogP contribution in [0.25, 0.3) is 105 Å². The molecule has 1 unspecified atom stereocenters. The van der Waals surface area contributed by atoms with Crippen LogP contribution >= 0.6 is 0 Å². The predicted octanol–water partition coefficient (Wildman–Crippen LogP) is 15.5. The van der Waals surface area contributed by atoms with Gasteiger partial charge in [-0.2, -0.15) is 0 Å². The molecule has 12 rings (SSSR count). The minimum Gasteiger partial charge on any atom is -0.456 e. The standard InChI is InChI=1S/C59H39N3O/c1-3-10-38(11-4-1)41-18-23-43(24-19-41)57-60-58(44-25-20-42(21-26-44)39-12-5-2-6-13-39)62-59(61-57)51-31-29-47-35-50(30-28-48(47)36-51)52-16-9-17-55-56(52)53-37-49(32-33-54(53)63-55)46-27-22-40-14-7-8-15-45(40)34-46/h1-25,27-37,44H,26H2. The van der Waals surface area contributed by atoms with Gasteiger partial charge in [0.1, 0.15) is 17.0 Å². The molecule has 4 nitrogen and oxygen atoms in total. The first kappa shape index (κ1) is 36.6. The Bertz CT molecular complexity index is 3590. The zero-order valence-electron chi connectivity index (χ0n) is 34.3. The fraction of sp³-hybridized carbons (Fsp3) is 0.0339. The third kappa shape index (κ3) is 6.88. The van der Waals surface area contributed by atoms with Crippen LogP contribution in [0.1, 0.15) is 23.7 Å². The average molecular weight is 806 g/mol.